The molecule has 1 saturated heterocycles. The Morgan fingerprint density at radius 3 is 2.56 bits per heavy atom. The topological polar surface area (TPSA) is 41.1 Å². The van der Waals surface area contributed by atoms with Crippen LogP contribution in [-0.4, -0.2) is 25.5 Å². The van der Waals surface area contributed by atoms with Gasteiger partial charge in [-0.1, -0.05) is 34.6 Å². The second-order valence-electron chi connectivity index (χ2n) is 6.74. The molecule has 2 N–H and O–H groups in total. The molecule has 1 rings (SSSR count). The summed E-state index contributed by atoms with van der Waals surface area (Å²) >= 11 is 0. The first-order chi connectivity index (χ1) is 8.34. The first kappa shape index (κ1) is 15.5. The van der Waals surface area contributed by atoms with Crippen LogP contribution in [0.2, 0.25) is 0 Å². The van der Waals surface area contributed by atoms with Crippen LogP contribution in [0.15, 0.2) is 0 Å². The molecule has 0 saturated carbocycles. The summed E-state index contributed by atoms with van der Waals surface area (Å²) in [5.41, 5.74) is -0.0159. The summed E-state index contributed by atoms with van der Waals surface area (Å²) in [5, 5.41) is 6.55. The minimum Gasteiger partial charge on any atom is -0.355 e. The van der Waals surface area contributed by atoms with E-state index in [9.17, 15) is 4.79 Å². The molecule has 0 aromatic carbocycles. The highest BCUT2D eigenvalue weighted by atomic mass is 16.2. The first-order valence-corrected chi connectivity index (χ1v) is 7.33. The van der Waals surface area contributed by atoms with Crippen LogP contribution in [0.25, 0.3) is 0 Å². The monoisotopic (exact) mass is 254 g/mol. The first-order valence-electron chi connectivity index (χ1n) is 7.33. The van der Waals surface area contributed by atoms with Crippen molar-refractivity contribution in [3.8, 4) is 0 Å². The molecule has 0 bridgehead atoms. The third-order valence-corrected chi connectivity index (χ3v) is 4.90. The van der Waals surface area contributed by atoms with Crippen molar-refractivity contribution in [1.82, 2.24) is 10.6 Å². The maximum absolute atomic E-state index is 12.5. The van der Waals surface area contributed by atoms with Crippen molar-refractivity contribution in [2.24, 2.45) is 16.7 Å². The molecule has 3 heteroatoms. The molecule has 0 spiro atoms. The van der Waals surface area contributed by atoms with Crippen LogP contribution in [-0.2, 0) is 4.79 Å². The van der Waals surface area contributed by atoms with Gasteiger partial charge in [0, 0.05) is 13.1 Å². The molecule has 1 fully saturated rings. The van der Waals surface area contributed by atoms with E-state index in [2.05, 4.69) is 45.3 Å². The third kappa shape index (κ3) is 3.47. The molecule has 18 heavy (non-hydrogen) atoms. The molecule has 1 heterocycles. The maximum atomic E-state index is 12.5. The van der Waals surface area contributed by atoms with Crippen molar-refractivity contribution >= 4 is 5.91 Å². The highest BCUT2D eigenvalue weighted by Gasteiger charge is 2.38. The molecule has 106 valence electrons. The summed E-state index contributed by atoms with van der Waals surface area (Å²) in [4.78, 5) is 12.5. The fourth-order valence-corrected chi connectivity index (χ4v) is 2.32. The molecule has 0 aromatic rings. The average molecular weight is 254 g/mol. The van der Waals surface area contributed by atoms with E-state index in [0.717, 1.165) is 38.9 Å². The lowest BCUT2D eigenvalue weighted by Crippen LogP contribution is -2.52. The summed E-state index contributed by atoms with van der Waals surface area (Å²) in [6, 6.07) is 0. The van der Waals surface area contributed by atoms with Crippen molar-refractivity contribution < 1.29 is 4.79 Å². The van der Waals surface area contributed by atoms with Gasteiger partial charge in [-0.25, -0.2) is 0 Å². The van der Waals surface area contributed by atoms with Crippen LogP contribution >= 0.6 is 0 Å². The predicted octanol–water partition coefficient (Wildman–Crippen LogP) is 2.56. The molecule has 1 amide bonds. The van der Waals surface area contributed by atoms with Gasteiger partial charge in [-0.2, -0.15) is 0 Å². The Kier molecular flexibility index (Phi) is 5.20. The Hall–Kier alpha value is -0.570. The molecular formula is C15H30N2O. The van der Waals surface area contributed by atoms with Gasteiger partial charge < -0.3 is 10.6 Å². The van der Waals surface area contributed by atoms with E-state index >= 15 is 0 Å². The highest BCUT2D eigenvalue weighted by molar-refractivity contribution is 5.83. The Labute approximate surface area is 112 Å². The van der Waals surface area contributed by atoms with Crippen LogP contribution in [0.5, 0.6) is 0 Å². The van der Waals surface area contributed by atoms with E-state index in [1.54, 1.807) is 0 Å². The van der Waals surface area contributed by atoms with Crippen LogP contribution in [0.3, 0.4) is 0 Å². The summed E-state index contributed by atoms with van der Waals surface area (Å²) < 4.78 is 0. The average Bonchev–Trinajstić information content (AvgIpc) is 2.36. The zero-order valence-electron chi connectivity index (χ0n) is 12.7. The molecule has 0 aromatic heterocycles. The number of piperidine rings is 1. The number of carbonyl (C=O) groups is 1. The smallest absolute Gasteiger partial charge is 0.227 e. The second kappa shape index (κ2) is 6.05. The number of amides is 1. The van der Waals surface area contributed by atoms with E-state index < -0.39 is 0 Å². The van der Waals surface area contributed by atoms with Gasteiger partial charge in [0.15, 0.2) is 0 Å². The number of hydrogen-bond donors (Lipinski definition) is 2. The molecule has 0 radical (unpaired) electrons. The fourth-order valence-electron chi connectivity index (χ4n) is 2.32. The normalized spacial score (nSPS) is 25.2. The van der Waals surface area contributed by atoms with Crippen LogP contribution in [0, 0.1) is 16.7 Å². The molecule has 1 aliphatic rings. The molecule has 0 aliphatic carbocycles. The van der Waals surface area contributed by atoms with Gasteiger partial charge >= 0.3 is 0 Å². The minimum absolute atomic E-state index is 0.159. The Balaban J connectivity index is 2.58. The quantitative estimate of drug-likeness (QED) is 0.791. The maximum Gasteiger partial charge on any atom is 0.227 e. The van der Waals surface area contributed by atoms with Crippen molar-refractivity contribution in [3.05, 3.63) is 0 Å². The van der Waals surface area contributed by atoms with Gasteiger partial charge in [0.25, 0.3) is 0 Å². The number of rotatable bonds is 5. The van der Waals surface area contributed by atoms with E-state index in [1.807, 2.05) is 0 Å². The van der Waals surface area contributed by atoms with E-state index in [0.29, 0.717) is 5.92 Å². The number of nitrogens with one attached hydrogen (secondary N) is 2. The molecule has 1 aliphatic heterocycles. The van der Waals surface area contributed by atoms with Crippen molar-refractivity contribution in [2.45, 2.75) is 53.9 Å². The van der Waals surface area contributed by atoms with E-state index in [-0.39, 0.29) is 16.7 Å². The molecule has 1 unspecified atom stereocenters. The molecular weight excluding hydrogens is 224 g/mol. The SMILES string of the molecule is CCC1(C(=O)NCC(C)(C)C(C)C)CCCNC1. The van der Waals surface area contributed by atoms with Crippen molar-refractivity contribution in [1.29, 1.82) is 0 Å². The van der Waals surface area contributed by atoms with Gasteiger partial charge in [-0.15, -0.1) is 0 Å². The standard InChI is InChI=1S/C15H30N2O/c1-6-15(8-7-9-16-11-15)13(18)17-10-14(4,5)12(2)3/h12,16H,6-11H2,1-5H3,(H,17,18). The van der Waals surface area contributed by atoms with Gasteiger partial charge in [-0.05, 0) is 37.1 Å². The van der Waals surface area contributed by atoms with Crippen molar-refractivity contribution in [2.75, 3.05) is 19.6 Å². The van der Waals surface area contributed by atoms with Crippen LogP contribution in [0.4, 0.5) is 0 Å². The number of hydrogen-bond acceptors (Lipinski definition) is 2. The lowest BCUT2D eigenvalue weighted by atomic mass is 9.76. The summed E-state index contributed by atoms with van der Waals surface area (Å²) in [6.07, 6.45) is 3.05. The largest absolute Gasteiger partial charge is 0.355 e. The highest BCUT2D eigenvalue weighted by Crippen LogP contribution is 2.31. The molecule has 1 atom stereocenters. The second-order valence-corrected chi connectivity index (χ2v) is 6.74. The number of carbonyl (C=O) groups excluding carboxylic acids is 1. The van der Waals surface area contributed by atoms with Crippen LogP contribution < -0.4 is 10.6 Å². The lowest BCUT2D eigenvalue weighted by molar-refractivity contribution is -0.133. The Morgan fingerprint density at radius 2 is 2.11 bits per heavy atom. The zero-order chi connectivity index (χ0) is 13.8. The summed E-state index contributed by atoms with van der Waals surface area (Å²) in [5.74, 6) is 0.811. The Morgan fingerprint density at radius 1 is 1.44 bits per heavy atom. The zero-order valence-corrected chi connectivity index (χ0v) is 12.7. The Bertz CT molecular complexity index is 278. The van der Waals surface area contributed by atoms with E-state index in [4.69, 9.17) is 0 Å². The minimum atomic E-state index is -0.175. The van der Waals surface area contributed by atoms with Gasteiger partial charge in [-0.3, -0.25) is 4.79 Å². The summed E-state index contributed by atoms with van der Waals surface area (Å²) in [6.45, 7) is 13.6. The van der Waals surface area contributed by atoms with Crippen LogP contribution in [0.1, 0.15) is 53.9 Å². The molecule has 3 nitrogen and oxygen atoms in total. The fraction of sp³-hybridized carbons (Fsp3) is 0.933. The third-order valence-electron chi connectivity index (χ3n) is 4.90. The predicted molar refractivity (Wildman–Crippen MR) is 76.5 cm³/mol. The lowest BCUT2D eigenvalue weighted by Gasteiger charge is -2.37. The van der Waals surface area contributed by atoms with Gasteiger partial charge in [0.05, 0.1) is 5.41 Å². The van der Waals surface area contributed by atoms with E-state index in [1.165, 1.54) is 0 Å². The van der Waals surface area contributed by atoms with Crippen molar-refractivity contribution in [3.63, 3.8) is 0 Å². The summed E-state index contributed by atoms with van der Waals surface area (Å²) in [7, 11) is 0. The van der Waals surface area contributed by atoms with Gasteiger partial charge in [0.2, 0.25) is 5.91 Å². The van der Waals surface area contributed by atoms with Gasteiger partial charge in [0.1, 0.15) is 0 Å².